The molecular formula is C21H28O2. The van der Waals surface area contributed by atoms with Crippen molar-refractivity contribution in [3.63, 3.8) is 0 Å². The van der Waals surface area contributed by atoms with Crippen LogP contribution in [0.2, 0.25) is 0 Å². The van der Waals surface area contributed by atoms with Gasteiger partial charge in [0.05, 0.1) is 0 Å². The van der Waals surface area contributed by atoms with Crippen LogP contribution in [0.1, 0.15) is 52.4 Å². The summed E-state index contributed by atoms with van der Waals surface area (Å²) in [6, 6.07) is 0. The monoisotopic (exact) mass is 312 g/mol. The van der Waals surface area contributed by atoms with E-state index in [0.29, 0.717) is 12.2 Å². The standard InChI is InChI=1S/C21H28O2/c1-3-7-20(23)14-16(2)21-11-10-18(15-19(21)12-13-22)17-8-5-4-6-9-17/h4-5,7-8,14-15,22-23H,3,6,9-13H2,1-2H3/b16-14+,20-7+. The number of allylic oxidation sites excluding steroid dienone is 10. The van der Waals surface area contributed by atoms with E-state index in [1.54, 1.807) is 0 Å². The molecule has 0 saturated carbocycles. The summed E-state index contributed by atoms with van der Waals surface area (Å²) in [5.74, 6) is 0.329. The second kappa shape index (κ2) is 8.73. The quantitative estimate of drug-likeness (QED) is 0.505. The molecule has 0 spiro atoms. The minimum absolute atomic E-state index is 0.158. The second-order valence-electron chi connectivity index (χ2n) is 6.17. The molecule has 2 N–H and O–H groups in total. The number of hydrogen-bond acceptors (Lipinski definition) is 2. The van der Waals surface area contributed by atoms with Crippen LogP contribution >= 0.6 is 0 Å². The molecule has 2 nitrogen and oxygen atoms in total. The minimum atomic E-state index is 0.158. The van der Waals surface area contributed by atoms with E-state index in [1.807, 2.05) is 26.0 Å². The Balaban J connectivity index is 2.32. The molecule has 124 valence electrons. The summed E-state index contributed by atoms with van der Waals surface area (Å²) in [6.45, 7) is 4.22. The lowest BCUT2D eigenvalue weighted by molar-refractivity contribution is 0.300. The van der Waals surface area contributed by atoms with Crippen molar-refractivity contribution in [1.82, 2.24) is 0 Å². The van der Waals surface area contributed by atoms with Crippen molar-refractivity contribution >= 4 is 0 Å². The average Bonchev–Trinajstić information content (AvgIpc) is 2.56. The first-order chi connectivity index (χ1) is 11.2. The van der Waals surface area contributed by atoms with E-state index < -0.39 is 0 Å². The molecule has 0 aromatic carbocycles. The molecule has 2 aliphatic carbocycles. The number of aliphatic hydroxyl groups is 2. The maximum absolute atomic E-state index is 9.90. The van der Waals surface area contributed by atoms with Gasteiger partial charge in [-0.05, 0) is 85.5 Å². The summed E-state index contributed by atoms with van der Waals surface area (Å²) in [5, 5.41) is 19.3. The van der Waals surface area contributed by atoms with Crippen molar-refractivity contribution in [3.8, 4) is 0 Å². The fourth-order valence-electron chi connectivity index (χ4n) is 3.28. The summed E-state index contributed by atoms with van der Waals surface area (Å²) in [4.78, 5) is 0. The van der Waals surface area contributed by atoms with Gasteiger partial charge < -0.3 is 10.2 Å². The Hall–Kier alpha value is -1.80. The predicted octanol–water partition coefficient (Wildman–Crippen LogP) is 5.46. The summed E-state index contributed by atoms with van der Waals surface area (Å²) in [7, 11) is 0. The largest absolute Gasteiger partial charge is 0.508 e. The average molecular weight is 312 g/mol. The highest BCUT2D eigenvalue weighted by Gasteiger charge is 2.17. The lowest BCUT2D eigenvalue weighted by Crippen LogP contribution is -2.05. The number of rotatable bonds is 6. The predicted molar refractivity (Wildman–Crippen MR) is 97.3 cm³/mol. The van der Waals surface area contributed by atoms with Crippen molar-refractivity contribution in [2.75, 3.05) is 6.61 Å². The molecule has 0 atom stereocenters. The van der Waals surface area contributed by atoms with Gasteiger partial charge in [-0.25, -0.2) is 0 Å². The molecule has 2 heteroatoms. The highest BCUT2D eigenvalue weighted by Crippen LogP contribution is 2.35. The van der Waals surface area contributed by atoms with Crippen LogP contribution in [0.15, 0.2) is 70.1 Å². The topological polar surface area (TPSA) is 40.5 Å². The SMILES string of the molecule is CC/C=C(O)\C=C(/C)C1=C(CCO)C=C(C2=CC=CCC2)CC1. The van der Waals surface area contributed by atoms with Crippen LogP contribution in [-0.4, -0.2) is 16.8 Å². The molecule has 0 aromatic rings. The molecule has 23 heavy (non-hydrogen) atoms. The van der Waals surface area contributed by atoms with Gasteiger partial charge in [-0.1, -0.05) is 31.2 Å². The van der Waals surface area contributed by atoms with Crippen molar-refractivity contribution in [3.05, 3.63) is 70.1 Å². The molecule has 0 radical (unpaired) electrons. The van der Waals surface area contributed by atoms with Gasteiger partial charge in [0.1, 0.15) is 5.76 Å². The zero-order chi connectivity index (χ0) is 16.7. The lowest BCUT2D eigenvalue weighted by atomic mass is 9.82. The summed E-state index contributed by atoms with van der Waals surface area (Å²) in [5.41, 5.74) is 6.41. The van der Waals surface area contributed by atoms with Crippen LogP contribution in [0.5, 0.6) is 0 Å². The van der Waals surface area contributed by atoms with Gasteiger partial charge in [0.2, 0.25) is 0 Å². The van der Waals surface area contributed by atoms with E-state index in [1.165, 1.54) is 22.3 Å². The number of aliphatic hydroxyl groups excluding tert-OH is 2. The molecule has 2 rings (SSSR count). The third-order valence-electron chi connectivity index (χ3n) is 4.44. The van der Waals surface area contributed by atoms with Crippen molar-refractivity contribution in [2.24, 2.45) is 0 Å². The van der Waals surface area contributed by atoms with Gasteiger partial charge in [0.25, 0.3) is 0 Å². The Morgan fingerprint density at radius 1 is 1.22 bits per heavy atom. The first-order valence-electron chi connectivity index (χ1n) is 8.63. The van der Waals surface area contributed by atoms with Gasteiger partial charge in [-0.15, -0.1) is 0 Å². The molecule has 2 aliphatic rings. The molecule has 0 fully saturated rings. The van der Waals surface area contributed by atoms with Crippen LogP contribution in [0.3, 0.4) is 0 Å². The highest BCUT2D eigenvalue weighted by atomic mass is 16.3. The fourth-order valence-corrected chi connectivity index (χ4v) is 3.28. The third-order valence-corrected chi connectivity index (χ3v) is 4.44. The zero-order valence-corrected chi connectivity index (χ0v) is 14.3. The smallest absolute Gasteiger partial charge is 0.111 e. The van der Waals surface area contributed by atoms with Crippen LogP contribution in [0, 0.1) is 0 Å². The summed E-state index contributed by atoms with van der Waals surface area (Å²) in [6.07, 6.45) is 18.2. The molecule has 0 bridgehead atoms. The van der Waals surface area contributed by atoms with Crippen molar-refractivity contribution in [1.29, 1.82) is 0 Å². The molecular weight excluding hydrogens is 284 g/mol. The van der Waals surface area contributed by atoms with E-state index in [2.05, 4.69) is 24.3 Å². The van der Waals surface area contributed by atoms with Gasteiger partial charge in [0.15, 0.2) is 0 Å². The maximum Gasteiger partial charge on any atom is 0.111 e. The van der Waals surface area contributed by atoms with Gasteiger partial charge in [-0.2, -0.15) is 0 Å². The molecule has 0 aliphatic heterocycles. The first kappa shape index (κ1) is 17.6. The molecule has 0 amide bonds. The molecule has 0 heterocycles. The fraction of sp³-hybridized carbons (Fsp3) is 0.429. The van der Waals surface area contributed by atoms with Crippen LogP contribution in [0.25, 0.3) is 0 Å². The van der Waals surface area contributed by atoms with E-state index in [-0.39, 0.29) is 6.61 Å². The Morgan fingerprint density at radius 2 is 2.04 bits per heavy atom. The molecule has 0 saturated heterocycles. The zero-order valence-electron chi connectivity index (χ0n) is 14.3. The maximum atomic E-state index is 9.90. The van der Waals surface area contributed by atoms with Gasteiger partial charge >= 0.3 is 0 Å². The lowest BCUT2D eigenvalue weighted by Gasteiger charge is -2.23. The van der Waals surface area contributed by atoms with E-state index in [0.717, 1.165) is 37.7 Å². The third kappa shape index (κ3) is 4.84. The van der Waals surface area contributed by atoms with Crippen molar-refractivity contribution < 1.29 is 10.2 Å². The Kier molecular flexibility index (Phi) is 6.66. The van der Waals surface area contributed by atoms with Gasteiger partial charge in [-0.3, -0.25) is 0 Å². The Labute approximate surface area is 139 Å². The minimum Gasteiger partial charge on any atom is -0.508 e. The van der Waals surface area contributed by atoms with Crippen molar-refractivity contribution in [2.45, 2.75) is 52.4 Å². The molecule has 0 unspecified atom stereocenters. The Morgan fingerprint density at radius 3 is 2.70 bits per heavy atom. The van der Waals surface area contributed by atoms with E-state index >= 15 is 0 Å². The van der Waals surface area contributed by atoms with E-state index in [4.69, 9.17) is 0 Å². The second-order valence-corrected chi connectivity index (χ2v) is 6.17. The first-order valence-corrected chi connectivity index (χ1v) is 8.63. The summed E-state index contributed by atoms with van der Waals surface area (Å²) >= 11 is 0. The number of hydrogen-bond donors (Lipinski definition) is 2. The molecule has 0 aromatic heterocycles. The highest BCUT2D eigenvalue weighted by molar-refractivity contribution is 5.50. The van der Waals surface area contributed by atoms with Crippen LogP contribution in [0.4, 0.5) is 0 Å². The van der Waals surface area contributed by atoms with Crippen LogP contribution in [-0.2, 0) is 0 Å². The summed E-state index contributed by atoms with van der Waals surface area (Å²) < 4.78 is 0. The van der Waals surface area contributed by atoms with Crippen LogP contribution < -0.4 is 0 Å². The van der Waals surface area contributed by atoms with Gasteiger partial charge in [0, 0.05) is 6.61 Å². The normalized spacial score (nSPS) is 19.8. The van der Waals surface area contributed by atoms with E-state index in [9.17, 15) is 10.2 Å². The Bertz CT molecular complexity index is 610.